The Morgan fingerprint density at radius 2 is 2.12 bits per heavy atom. The Labute approximate surface area is 103 Å². The summed E-state index contributed by atoms with van der Waals surface area (Å²) in [5, 5.41) is 8.78. The summed E-state index contributed by atoms with van der Waals surface area (Å²) in [5.74, 6) is 0.917. The first-order valence-corrected chi connectivity index (χ1v) is 5.85. The molecule has 0 aliphatic heterocycles. The van der Waals surface area contributed by atoms with E-state index in [1.54, 1.807) is 6.92 Å². The molecule has 0 amide bonds. The average Bonchev–Trinajstić information content (AvgIpc) is 2.29. The highest BCUT2D eigenvalue weighted by molar-refractivity contribution is 5.35. The van der Waals surface area contributed by atoms with Crippen LogP contribution in [0, 0.1) is 25.2 Å². The zero-order valence-corrected chi connectivity index (χ0v) is 10.8. The van der Waals surface area contributed by atoms with Gasteiger partial charge in [0.15, 0.2) is 0 Å². The Balaban J connectivity index is 2.42. The van der Waals surface area contributed by atoms with Crippen molar-refractivity contribution in [2.24, 2.45) is 5.73 Å². The van der Waals surface area contributed by atoms with Crippen LogP contribution in [0.1, 0.15) is 30.9 Å². The molecule has 1 unspecified atom stereocenters. The first-order chi connectivity index (χ1) is 7.94. The molecule has 0 fully saturated rings. The van der Waals surface area contributed by atoms with Gasteiger partial charge < -0.3 is 10.5 Å². The predicted octanol–water partition coefficient (Wildman–Crippen LogP) is 2.70. The number of nitrogens with two attached hydrogens (primary N) is 1. The molecule has 2 N–H and O–H groups in total. The molecular formula is C14H20N2O. The van der Waals surface area contributed by atoms with Crippen LogP contribution in [-0.2, 0) is 0 Å². The standard InChI is InChI=1S/C14H20N2O/c1-11-5-6-12(2)13(9-11)17-8-4-7-14(3,16)10-15/h5-6,9H,4,7-8,16H2,1-3H3. The summed E-state index contributed by atoms with van der Waals surface area (Å²) in [6.07, 6.45) is 1.43. The van der Waals surface area contributed by atoms with E-state index < -0.39 is 5.54 Å². The lowest BCUT2D eigenvalue weighted by molar-refractivity contribution is 0.294. The van der Waals surface area contributed by atoms with Crippen molar-refractivity contribution in [3.05, 3.63) is 29.3 Å². The van der Waals surface area contributed by atoms with Gasteiger partial charge in [-0.1, -0.05) is 12.1 Å². The highest BCUT2D eigenvalue weighted by Crippen LogP contribution is 2.19. The number of nitrogens with zero attached hydrogens (tertiary/aromatic N) is 1. The van der Waals surface area contributed by atoms with Crippen molar-refractivity contribution in [1.29, 1.82) is 5.26 Å². The van der Waals surface area contributed by atoms with Crippen LogP contribution in [0.25, 0.3) is 0 Å². The molecule has 0 spiro atoms. The molecule has 0 bridgehead atoms. The summed E-state index contributed by atoms with van der Waals surface area (Å²) < 4.78 is 5.69. The van der Waals surface area contributed by atoms with Crippen molar-refractivity contribution in [1.82, 2.24) is 0 Å². The minimum absolute atomic E-state index is 0.596. The fourth-order valence-electron chi connectivity index (χ4n) is 1.54. The molecule has 1 atom stereocenters. The number of ether oxygens (including phenoxy) is 1. The van der Waals surface area contributed by atoms with Crippen LogP contribution in [0.3, 0.4) is 0 Å². The van der Waals surface area contributed by atoms with Crippen LogP contribution in [0.2, 0.25) is 0 Å². The molecule has 0 aromatic heterocycles. The molecule has 0 saturated heterocycles. The summed E-state index contributed by atoms with van der Waals surface area (Å²) >= 11 is 0. The minimum atomic E-state index is -0.745. The second-order valence-corrected chi connectivity index (χ2v) is 4.75. The third-order valence-corrected chi connectivity index (χ3v) is 2.70. The van der Waals surface area contributed by atoms with Crippen LogP contribution in [0.15, 0.2) is 18.2 Å². The molecule has 3 heteroatoms. The third kappa shape index (κ3) is 4.46. The van der Waals surface area contributed by atoms with Crippen molar-refractivity contribution >= 4 is 0 Å². The van der Waals surface area contributed by atoms with E-state index in [1.807, 2.05) is 26.0 Å². The minimum Gasteiger partial charge on any atom is -0.493 e. The van der Waals surface area contributed by atoms with Gasteiger partial charge in [-0.2, -0.15) is 5.26 Å². The smallest absolute Gasteiger partial charge is 0.122 e. The van der Waals surface area contributed by atoms with Gasteiger partial charge in [0.2, 0.25) is 0 Å². The molecule has 0 saturated carbocycles. The van der Waals surface area contributed by atoms with Gasteiger partial charge in [0.25, 0.3) is 0 Å². The normalized spacial score (nSPS) is 13.8. The van der Waals surface area contributed by atoms with Gasteiger partial charge in [-0.05, 0) is 50.8 Å². The van der Waals surface area contributed by atoms with Crippen LogP contribution >= 0.6 is 0 Å². The van der Waals surface area contributed by atoms with Gasteiger partial charge in [0.1, 0.15) is 11.3 Å². The van der Waals surface area contributed by atoms with Crippen molar-refractivity contribution in [2.45, 2.75) is 39.2 Å². The van der Waals surface area contributed by atoms with Crippen molar-refractivity contribution < 1.29 is 4.74 Å². The number of rotatable bonds is 5. The van der Waals surface area contributed by atoms with E-state index in [0.29, 0.717) is 13.0 Å². The zero-order chi connectivity index (χ0) is 12.9. The Morgan fingerprint density at radius 1 is 1.41 bits per heavy atom. The van der Waals surface area contributed by atoms with E-state index in [2.05, 4.69) is 12.1 Å². The van der Waals surface area contributed by atoms with Gasteiger partial charge in [0, 0.05) is 0 Å². The predicted molar refractivity (Wildman–Crippen MR) is 68.9 cm³/mol. The largest absolute Gasteiger partial charge is 0.493 e. The fourth-order valence-corrected chi connectivity index (χ4v) is 1.54. The molecule has 17 heavy (non-hydrogen) atoms. The highest BCUT2D eigenvalue weighted by atomic mass is 16.5. The maximum absolute atomic E-state index is 8.78. The van der Waals surface area contributed by atoms with Crippen LogP contribution in [0.5, 0.6) is 5.75 Å². The average molecular weight is 232 g/mol. The highest BCUT2D eigenvalue weighted by Gasteiger charge is 2.16. The molecular weight excluding hydrogens is 212 g/mol. The van der Waals surface area contributed by atoms with Gasteiger partial charge in [-0.25, -0.2) is 0 Å². The first-order valence-electron chi connectivity index (χ1n) is 5.85. The lowest BCUT2D eigenvalue weighted by Gasteiger charge is -2.15. The number of hydrogen-bond donors (Lipinski definition) is 1. The van der Waals surface area contributed by atoms with Crippen LogP contribution in [0.4, 0.5) is 0 Å². The first kappa shape index (κ1) is 13.5. The Kier molecular flexibility index (Phi) is 4.53. The second kappa shape index (κ2) is 5.70. The van der Waals surface area contributed by atoms with Crippen LogP contribution in [-0.4, -0.2) is 12.1 Å². The van der Waals surface area contributed by atoms with Crippen molar-refractivity contribution in [3.8, 4) is 11.8 Å². The molecule has 0 aliphatic carbocycles. The quantitative estimate of drug-likeness (QED) is 0.794. The maximum Gasteiger partial charge on any atom is 0.122 e. The molecule has 0 aliphatic rings. The summed E-state index contributed by atoms with van der Waals surface area (Å²) in [4.78, 5) is 0. The Morgan fingerprint density at radius 3 is 2.76 bits per heavy atom. The number of aryl methyl sites for hydroxylation is 2. The molecule has 92 valence electrons. The SMILES string of the molecule is Cc1ccc(C)c(OCCCC(C)(N)C#N)c1. The number of benzene rings is 1. The number of nitriles is 1. The Bertz CT molecular complexity index is 419. The van der Waals surface area contributed by atoms with E-state index >= 15 is 0 Å². The monoisotopic (exact) mass is 232 g/mol. The molecule has 0 radical (unpaired) electrons. The van der Waals surface area contributed by atoms with Gasteiger partial charge in [0.05, 0.1) is 12.7 Å². The second-order valence-electron chi connectivity index (χ2n) is 4.75. The fraction of sp³-hybridized carbons (Fsp3) is 0.500. The number of hydrogen-bond acceptors (Lipinski definition) is 3. The van der Waals surface area contributed by atoms with Crippen LogP contribution < -0.4 is 10.5 Å². The van der Waals surface area contributed by atoms with Gasteiger partial charge >= 0.3 is 0 Å². The topological polar surface area (TPSA) is 59.0 Å². The van der Waals surface area contributed by atoms with Crippen molar-refractivity contribution in [3.63, 3.8) is 0 Å². The molecule has 1 rings (SSSR count). The molecule has 1 aromatic carbocycles. The molecule has 1 aromatic rings. The van der Waals surface area contributed by atoms with Gasteiger partial charge in [-0.15, -0.1) is 0 Å². The summed E-state index contributed by atoms with van der Waals surface area (Å²) in [6.45, 7) is 6.40. The lowest BCUT2D eigenvalue weighted by atomic mass is 10.00. The van der Waals surface area contributed by atoms with E-state index in [4.69, 9.17) is 15.7 Å². The maximum atomic E-state index is 8.78. The van der Waals surface area contributed by atoms with E-state index in [0.717, 1.165) is 17.7 Å². The lowest BCUT2D eigenvalue weighted by Crippen LogP contribution is -2.34. The third-order valence-electron chi connectivity index (χ3n) is 2.70. The van der Waals surface area contributed by atoms with Crippen molar-refractivity contribution in [2.75, 3.05) is 6.61 Å². The van der Waals surface area contributed by atoms with Gasteiger partial charge in [-0.3, -0.25) is 0 Å². The van der Waals surface area contributed by atoms with E-state index in [9.17, 15) is 0 Å². The molecule has 3 nitrogen and oxygen atoms in total. The summed E-state index contributed by atoms with van der Waals surface area (Å²) in [6, 6.07) is 8.22. The van der Waals surface area contributed by atoms with E-state index in [-0.39, 0.29) is 0 Å². The molecule has 0 heterocycles. The summed E-state index contributed by atoms with van der Waals surface area (Å²) in [7, 11) is 0. The zero-order valence-electron chi connectivity index (χ0n) is 10.8. The Hall–Kier alpha value is -1.53. The van der Waals surface area contributed by atoms with E-state index in [1.165, 1.54) is 5.56 Å². The summed E-state index contributed by atoms with van der Waals surface area (Å²) in [5.41, 5.74) is 7.31.